The highest BCUT2D eigenvalue weighted by atomic mass is 16.5. The number of ether oxygens (including phenoxy) is 2. The second-order valence-corrected chi connectivity index (χ2v) is 8.29. The van der Waals surface area contributed by atoms with E-state index in [1.807, 2.05) is 6.07 Å². The molecule has 9 nitrogen and oxygen atoms in total. The summed E-state index contributed by atoms with van der Waals surface area (Å²) in [4.78, 5) is 41.2. The van der Waals surface area contributed by atoms with Crippen molar-refractivity contribution < 1.29 is 23.9 Å². The van der Waals surface area contributed by atoms with Gasteiger partial charge in [-0.2, -0.15) is 5.26 Å². The zero-order valence-corrected chi connectivity index (χ0v) is 20.6. The van der Waals surface area contributed by atoms with Gasteiger partial charge in [-0.15, -0.1) is 0 Å². The van der Waals surface area contributed by atoms with Gasteiger partial charge < -0.3 is 20.1 Å². The number of rotatable bonds is 7. The third-order valence-electron chi connectivity index (χ3n) is 5.91. The van der Waals surface area contributed by atoms with E-state index in [-0.39, 0.29) is 35.0 Å². The number of hydrogen-bond donors (Lipinski definition) is 1. The fourth-order valence-corrected chi connectivity index (χ4v) is 4.11. The monoisotopic (exact) mass is 488 g/mol. The summed E-state index contributed by atoms with van der Waals surface area (Å²) in [7, 11) is 5.77. The van der Waals surface area contributed by atoms with Gasteiger partial charge in [0.2, 0.25) is 5.91 Å². The SMILES string of the molecule is COC(=O)C1=C(C(=O)OC)N(c2cccc(CCC(=O)N(C)C)c2)C(N)=C(C#N)C1c1ccccc1. The minimum atomic E-state index is -0.935. The van der Waals surface area contributed by atoms with Gasteiger partial charge in [-0.1, -0.05) is 42.5 Å². The van der Waals surface area contributed by atoms with Crippen molar-refractivity contribution >= 4 is 23.5 Å². The Morgan fingerprint density at radius 3 is 2.28 bits per heavy atom. The number of anilines is 1. The number of allylic oxidation sites excluding steroid dienone is 1. The Labute approximate surface area is 210 Å². The largest absolute Gasteiger partial charge is 0.466 e. The van der Waals surface area contributed by atoms with Crippen molar-refractivity contribution in [2.45, 2.75) is 18.8 Å². The van der Waals surface area contributed by atoms with Crippen molar-refractivity contribution in [1.29, 1.82) is 5.26 Å². The van der Waals surface area contributed by atoms with Crippen LogP contribution < -0.4 is 10.6 Å². The average molecular weight is 489 g/mol. The quantitative estimate of drug-likeness (QED) is 0.590. The van der Waals surface area contributed by atoms with Crippen LogP contribution in [0, 0.1) is 11.3 Å². The van der Waals surface area contributed by atoms with Crippen LogP contribution in [0.1, 0.15) is 23.5 Å². The first kappa shape index (κ1) is 26.0. The maximum Gasteiger partial charge on any atom is 0.355 e. The van der Waals surface area contributed by atoms with E-state index in [2.05, 4.69) is 6.07 Å². The number of methoxy groups -OCH3 is 2. The van der Waals surface area contributed by atoms with E-state index in [0.717, 1.165) is 5.56 Å². The molecule has 1 aliphatic rings. The van der Waals surface area contributed by atoms with Crippen molar-refractivity contribution in [2.75, 3.05) is 33.2 Å². The second kappa shape index (κ2) is 11.2. The molecule has 1 amide bonds. The molecule has 0 aliphatic carbocycles. The van der Waals surface area contributed by atoms with Gasteiger partial charge >= 0.3 is 11.9 Å². The first-order chi connectivity index (χ1) is 17.2. The molecule has 0 bridgehead atoms. The van der Waals surface area contributed by atoms with Crippen LogP contribution in [0.5, 0.6) is 0 Å². The van der Waals surface area contributed by atoms with Crippen molar-refractivity contribution in [3.8, 4) is 6.07 Å². The van der Waals surface area contributed by atoms with Gasteiger partial charge in [0.1, 0.15) is 11.5 Å². The topological polar surface area (TPSA) is 126 Å². The molecule has 0 saturated carbocycles. The van der Waals surface area contributed by atoms with Crippen molar-refractivity contribution in [3.05, 3.63) is 88.4 Å². The van der Waals surface area contributed by atoms with E-state index in [4.69, 9.17) is 15.2 Å². The summed E-state index contributed by atoms with van der Waals surface area (Å²) in [5.41, 5.74) is 8.24. The zero-order chi connectivity index (χ0) is 26.4. The van der Waals surface area contributed by atoms with E-state index < -0.39 is 17.9 Å². The van der Waals surface area contributed by atoms with E-state index in [9.17, 15) is 19.6 Å². The van der Waals surface area contributed by atoms with Crippen molar-refractivity contribution in [3.63, 3.8) is 0 Å². The number of esters is 2. The first-order valence-corrected chi connectivity index (χ1v) is 11.2. The van der Waals surface area contributed by atoms with E-state index in [1.54, 1.807) is 62.6 Å². The Morgan fingerprint density at radius 2 is 1.69 bits per heavy atom. The van der Waals surface area contributed by atoms with E-state index in [1.165, 1.54) is 24.0 Å². The summed E-state index contributed by atoms with van der Waals surface area (Å²) < 4.78 is 10.1. The van der Waals surface area contributed by atoms with Crippen LogP contribution in [-0.2, 0) is 30.3 Å². The number of carbonyl (C=O) groups is 3. The molecular weight excluding hydrogens is 460 g/mol. The van der Waals surface area contributed by atoms with Gasteiger partial charge in [-0.3, -0.25) is 9.69 Å². The molecule has 0 saturated heterocycles. The molecule has 0 radical (unpaired) electrons. The summed E-state index contributed by atoms with van der Waals surface area (Å²) in [6, 6.07) is 18.0. The predicted octanol–water partition coefficient (Wildman–Crippen LogP) is 2.61. The summed E-state index contributed by atoms with van der Waals surface area (Å²) in [6.45, 7) is 0. The maximum atomic E-state index is 13.1. The number of hydrogen-bond acceptors (Lipinski definition) is 8. The molecule has 1 aliphatic heterocycles. The molecule has 9 heteroatoms. The van der Waals surface area contributed by atoms with Crippen LogP contribution in [0.2, 0.25) is 0 Å². The third-order valence-corrected chi connectivity index (χ3v) is 5.91. The summed E-state index contributed by atoms with van der Waals surface area (Å²) in [5.74, 6) is -2.58. The van der Waals surface area contributed by atoms with Crippen LogP contribution in [0.15, 0.2) is 77.3 Å². The Kier molecular flexibility index (Phi) is 8.12. The lowest BCUT2D eigenvalue weighted by Gasteiger charge is -2.36. The van der Waals surface area contributed by atoms with Gasteiger partial charge in [-0.25, -0.2) is 9.59 Å². The van der Waals surface area contributed by atoms with Gasteiger partial charge in [0.05, 0.1) is 37.4 Å². The number of nitrogens with zero attached hydrogens (tertiary/aromatic N) is 3. The fourth-order valence-electron chi connectivity index (χ4n) is 4.11. The van der Waals surface area contributed by atoms with Crippen LogP contribution in [0.4, 0.5) is 5.69 Å². The third kappa shape index (κ3) is 5.08. The molecule has 0 spiro atoms. The van der Waals surface area contributed by atoms with Crippen LogP contribution >= 0.6 is 0 Å². The minimum Gasteiger partial charge on any atom is -0.466 e. The molecule has 3 rings (SSSR count). The van der Waals surface area contributed by atoms with Gasteiger partial charge in [0.15, 0.2) is 0 Å². The highest BCUT2D eigenvalue weighted by Crippen LogP contribution is 2.43. The molecule has 1 atom stereocenters. The molecule has 2 N–H and O–H groups in total. The Morgan fingerprint density at radius 1 is 1.03 bits per heavy atom. The van der Waals surface area contributed by atoms with Crippen LogP contribution in [0.25, 0.3) is 0 Å². The van der Waals surface area contributed by atoms with Crippen LogP contribution in [0.3, 0.4) is 0 Å². The average Bonchev–Trinajstić information content (AvgIpc) is 2.90. The predicted molar refractivity (Wildman–Crippen MR) is 133 cm³/mol. The highest BCUT2D eigenvalue weighted by molar-refractivity contribution is 6.06. The Balaban J connectivity index is 2.24. The lowest BCUT2D eigenvalue weighted by Crippen LogP contribution is -2.40. The molecule has 0 fully saturated rings. The number of benzene rings is 2. The summed E-state index contributed by atoms with van der Waals surface area (Å²) >= 11 is 0. The van der Waals surface area contributed by atoms with Gasteiger partial charge in [0, 0.05) is 26.2 Å². The van der Waals surface area contributed by atoms with Crippen molar-refractivity contribution in [2.24, 2.45) is 5.73 Å². The molecule has 1 heterocycles. The molecule has 36 heavy (non-hydrogen) atoms. The van der Waals surface area contributed by atoms with Crippen LogP contribution in [-0.4, -0.2) is 51.1 Å². The molecule has 2 aromatic rings. The molecule has 1 unspecified atom stereocenters. The normalized spacial score (nSPS) is 15.3. The Hall–Kier alpha value is -4.58. The smallest absolute Gasteiger partial charge is 0.355 e. The fraction of sp³-hybridized carbons (Fsp3) is 0.259. The first-order valence-electron chi connectivity index (χ1n) is 11.2. The number of amides is 1. The lowest BCUT2D eigenvalue weighted by atomic mass is 9.81. The summed E-state index contributed by atoms with van der Waals surface area (Å²) in [5, 5.41) is 10.1. The molecule has 2 aromatic carbocycles. The highest BCUT2D eigenvalue weighted by Gasteiger charge is 2.43. The summed E-state index contributed by atoms with van der Waals surface area (Å²) in [6.07, 6.45) is 0.732. The number of nitrogens with two attached hydrogens (primary N) is 1. The second-order valence-electron chi connectivity index (χ2n) is 8.29. The zero-order valence-electron chi connectivity index (χ0n) is 20.6. The Bertz CT molecular complexity index is 1270. The molecule has 0 aromatic heterocycles. The molecular formula is C27H28N4O5. The number of aryl methyl sites for hydroxylation is 1. The lowest BCUT2D eigenvalue weighted by molar-refractivity contribution is -0.139. The number of carbonyl (C=O) groups excluding carboxylic acids is 3. The standard InChI is InChI=1S/C27H28N4O5/c1-30(2)21(32)14-13-17-9-8-12-19(15-17)31-24(27(34)36-4)23(26(33)35-3)22(20(16-28)25(31)29)18-10-6-5-7-11-18/h5-12,15,22H,13-14,29H2,1-4H3. The molecule has 186 valence electrons. The van der Waals surface area contributed by atoms with E-state index in [0.29, 0.717) is 17.7 Å². The van der Waals surface area contributed by atoms with Crippen molar-refractivity contribution in [1.82, 2.24) is 4.90 Å². The minimum absolute atomic E-state index is 0.0130. The van der Waals surface area contributed by atoms with Gasteiger partial charge in [0.25, 0.3) is 0 Å². The van der Waals surface area contributed by atoms with Gasteiger partial charge in [-0.05, 0) is 29.7 Å². The van der Waals surface area contributed by atoms with E-state index >= 15 is 0 Å². The maximum absolute atomic E-state index is 13.1. The number of nitriles is 1.